The van der Waals surface area contributed by atoms with Crippen LogP contribution in [-0.4, -0.2) is 23.5 Å². The lowest BCUT2D eigenvalue weighted by Gasteiger charge is -2.14. The van der Waals surface area contributed by atoms with Gasteiger partial charge in [-0.1, -0.05) is 0 Å². The molecule has 13 heavy (non-hydrogen) atoms. The van der Waals surface area contributed by atoms with Gasteiger partial charge in [0.1, 0.15) is 6.26 Å². The summed E-state index contributed by atoms with van der Waals surface area (Å²) in [4.78, 5) is 6.60. The predicted octanol–water partition coefficient (Wildman–Crippen LogP) is 0.900. The van der Waals surface area contributed by atoms with Crippen molar-refractivity contribution in [2.45, 2.75) is 25.4 Å². The van der Waals surface area contributed by atoms with E-state index in [-0.39, 0.29) is 0 Å². The van der Waals surface area contributed by atoms with Crippen LogP contribution in [0.3, 0.4) is 0 Å². The Hall–Kier alpha value is -0.870. The summed E-state index contributed by atoms with van der Waals surface area (Å²) in [6, 6.07) is 0.361. The van der Waals surface area contributed by atoms with E-state index in [1.165, 1.54) is 6.42 Å². The number of likely N-dealkylation sites (tertiary alicyclic amines) is 1. The van der Waals surface area contributed by atoms with Gasteiger partial charge >= 0.3 is 0 Å². The fourth-order valence-corrected chi connectivity index (χ4v) is 1.79. The molecule has 1 atom stereocenters. The molecule has 0 radical (unpaired) electrons. The van der Waals surface area contributed by atoms with Crippen LogP contribution in [0.4, 0.5) is 0 Å². The Bertz CT molecular complexity index is 284. The third-order valence-corrected chi connectivity index (χ3v) is 2.58. The third-order valence-electron chi connectivity index (χ3n) is 2.58. The first kappa shape index (κ1) is 8.72. The lowest BCUT2D eigenvalue weighted by Crippen LogP contribution is -2.17. The van der Waals surface area contributed by atoms with Crippen molar-refractivity contribution in [3.8, 4) is 0 Å². The molecule has 0 bridgehead atoms. The number of oxazole rings is 1. The molecular weight excluding hydrogens is 166 g/mol. The molecule has 1 aromatic rings. The van der Waals surface area contributed by atoms with Gasteiger partial charge in [0, 0.05) is 6.54 Å². The van der Waals surface area contributed by atoms with E-state index in [9.17, 15) is 0 Å². The van der Waals surface area contributed by atoms with Crippen LogP contribution in [0.25, 0.3) is 0 Å². The Morgan fingerprint density at radius 3 is 3.15 bits per heavy atom. The fraction of sp³-hybridized carbons (Fsp3) is 0.667. The Kier molecular flexibility index (Phi) is 2.33. The minimum Gasteiger partial charge on any atom is -0.447 e. The molecule has 0 spiro atoms. The van der Waals surface area contributed by atoms with Gasteiger partial charge in [-0.15, -0.1) is 0 Å². The van der Waals surface area contributed by atoms with Gasteiger partial charge in [-0.3, -0.25) is 4.90 Å². The zero-order valence-corrected chi connectivity index (χ0v) is 7.86. The molecule has 2 rings (SSSR count). The SMILES string of the molecule is CN1CCCC1c1nc(CN)co1. The van der Waals surface area contributed by atoms with Gasteiger partial charge < -0.3 is 10.2 Å². The summed E-state index contributed by atoms with van der Waals surface area (Å²) in [7, 11) is 2.10. The minimum absolute atomic E-state index is 0.361. The molecule has 2 N–H and O–H groups in total. The number of nitrogens with two attached hydrogens (primary N) is 1. The van der Waals surface area contributed by atoms with Crippen LogP contribution in [0.2, 0.25) is 0 Å². The van der Waals surface area contributed by atoms with Gasteiger partial charge in [0.25, 0.3) is 0 Å². The van der Waals surface area contributed by atoms with Crippen molar-refractivity contribution in [1.82, 2.24) is 9.88 Å². The number of hydrogen-bond donors (Lipinski definition) is 1. The standard InChI is InChI=1S/C9H15N3O/c1-12-4-2-3-8(12)9-11-7(5-10)6-13-9/h6,8H,2-5,10H2,1H3. The monoisotopic (exact) mass is 181 g/mol. The summed E-state index contributed by atoms with van der Waals surface area (Å²) < 4.78 is 5.38. The van der Waals surface area contributed by atoms with E-state index in [1.54, 1.807) is 6.26 Å². The van der Waals surface area contributed by atoms with Gasteiger partial charge in [-0.05, 0) is 26.4 Å². The predicted molar refractivity (Wildman–Crippen MR) is 49.0 cm³/mol. The highest BCUT2D eigenvalue weighted by atomic mass is 16.3. The molecule has 1 aromatic heterocycles. The van der Waals surface area contributed by atoms with Gasteiger partial charge in [0.15, 0.2) is 0 Å². The molecule has 1 saturated heterocycles. The van der Waals surface area contributed by atoms with Crippen LogP contribution in [-0.2, 0) is 6.54 Å². The van der Waals surface area contributed by atoms with E-state index in [4.69, 9.17) is 10.2 Å². The molecule has 0 aliphatic carbocycles. The molecule has 2 heterocycles. The fourth-order valence-electron chi connectivity index (χ4n) is 1.79. The van der Waals surface area contributed by atoms with Crippen LogP contribution in [0, 0.1) is 0 Å². The molecule has 1 aliphatic rings. The average Bonchev–Trinajstić information content (AvgIpc) is 2.71. The number of rotatable bonds is 2. The molecule has 1 fully saturated rings. The van der Waals surface area contributed by atoms with Gasteiger partial charge in [0.2, 0.25) is 5.89 Å². The van der Waals surface area contributed by atoms with Gasteiger partial charge in [-0.2, -0.15) is 0 Å². The van der Waals surface area contributed by atoms with Crippen LogP contribution < -0.4 is 5.73 Å². The van der Waals surface area contributed by atoms with Crippen molar-refractivity contribution in [3.63, 3.8) is 0 Å². The molecule has 0 aromatic carbocycles. The molecule has 0 saturated carbocycles. The topological polar surface area (TPSA) is 55.3 Å². The highest BCUT2D eigenvalue weighted by molar-refractivity contribution is 5.01. The quantitative estimate of drug-likeness (QED) is 0.736. The first-order valence-electron chi connectivity index (χ1n) is 4.66. The highest BCUT2D eigenvalue weighted by Gasteiger charge is 2.26. The van der Waals surface area contributed by atoms with Gasteiger partial charge in [0.05, 0.1) is 11.7 Å². The maximum Gasteiger partial charge on any atom is 0.211 e. The second-order valence-corrected chi connectivity index (χ2v) is 3.52. The van der Waals surface area contributed by atoms with Crippen molar-refractivity contribution in [2.75, 3.05) is 13.6 Å². The summed E-state index contributed by atoms with van der Waals surface area (Å²) in [5.41, 5.74) is 6.30. The lowest BCUT2D eigenvalue weighted by molar-refractivity contribution is 0.268. The highest BCUT2D eigenvalue weighted by Crippen LogP contribution is 2.29. The summed E-state index contributed by atoms with van der Waals surface area (Å²) >= 11 is 0. The van der Waals surface area contributed by atoms with E-state index in [0.717, 1.165) is 24.6 Å². The van der Waals surface area contributed by atoms with E-state index >= 15 is 0 Å². The molecule has 72 valence electrons. The lowest BCUT2D eigenvalue weighted by atomic mass is 10.2. The maximum atomic E-state index is 5.46. The van der Waals surface area contributed by atoms with Crippen molar-refractivity contribution >= 4 is 0 Å². The second-order valence-electron chi connectivity index (χ2n) is 3.52. The Morgan fingerprint density at radius 1 is 1.77 bits per heavy atom. The third kappa shape index (κ3) is 1.59. The summed E-state index contributed by atoms with van der Waals surface area (Å²) in [5, 5.41) is 0. The zero-order valence-electron chi connectivity index (χ0n) is 7.86. The van der Waals surface area contributed by atoms with Crippen molar-refractivity contribution in [1.29, 1.82) is 0 Å². The molecular formula is C9H15N3O. The van der Waals surface area contributed by atoms with Crippen LogP contribution in [0.15, 0.2) is 10.7 Å². The molecule has 4 nitrogen and oxygen atoms in total. The zero-order chi connectivity index (χ0) is 9.26. The van der Waals surface area contributed by atoms with Crippen LogP contribution in [0.1, 0.15) is 30.5 Å². The molecule has 4 heteroatoms. The first-order valence-corrected chi connectivity index (χ1v) is 4.66. The Labute approximate surface area is 77.7 Å². The van der Waals surface area contributed by atoms with E-state index in [2.05, 4.69) is 16.9 Å². The Morgan fingerprint density at radius 2 is 2.62 bits per heavy atom. The Balaban J connectivity index is 2.15. The van der Waals surface area contributed by atoms with Crippen molar-refractivity contribution in [2.24, 2.45) is 5.73 Å². The first-order chi connectivity index (χ1) is 6.31. The van der Waals surface area contributed by atoms with Crippen LogP contribution >= 0.6 is 0 Å². The smallest absolute Gasteiger partial charge is 0.211 e. The second kappa shape index (κ2) is 3.47. The number of aromatic nitrogens is 1. The summed E-state index contributed by atoms with van der Waals surface area (Å²) in [6.07, 6.45) is 4.02. The minimum atomic E-state index is 0.361. The molecule has 1 aliphatic heterocycles. The maximum absolute atomic E-state index is 5.46. The average molecular weight is 181 g/mol. The largest absolute Gasteiger partial charge is 0.447 e. The van der Waals surface area contributed by atoms with Crippen LogP contribution in [0.5, 0.6) is 0 Å². The van der Waals surface area contributed by atoms with E-state index < -0.39 is 0 Å². The van der Waals surface area contributed by atoms with Gasteiger partial charge in [-0.25, -0.2) is 4.98 Å². The van der Waals surface area contributed by atoms with Crippen molar-refractivity contribution in [3.05, 3.63) is 17.8 Å². The summed E-state index contributed by atoms with van der Waals surface area (Å²) in [6.45, 7) is 1.59. The normalized spacial score (nSPS) is 24.0. The van der Waals surface area contributed by atoms with Crippen molar-refractivity contribution < 1.29 is 4.42 Å². The molecule has 0 amide bonds. The summed E-state index contributed by atoms with van der Waals surface area (Å²) in [5.74, 6) is 0.820. The number of hydrogen-bond acceptors (Lipinski definition) is 4. The molecule has 1 unspecified atom stereocenters. The van der Waals surface area contributed by atoms with E-state index in [0.29, 0.717) is 12.6 Å². The number of nitrogens with zero attached hydrogens (tertiary/aromatic N) is 2. The van der Waals surface area contributed by atoms with E-state index in [1.807, 2.05) is 0 Å².